The van der Waals surface area contributed by atoms with Crippen molar-refractivity contribution < 1.29 is 4.42 Å². The summed E-state index contributed by atoms with van der Waals surface area (Å²) >= 11 is 0. The number of nitrogens with one attached hydrogen (secondary N) is 1. The second kappa shape index (κ2) is 4.10. The molecule has 0 amide bonds. The van der Waals surface area contributed by atoms with E-state index < -0.39 is 0 Å². The maximum atomic E-state index is 5.44. The van der Waals surface area contributed by atoms with Crippen LogP contribution >= 0.6 is 0 Å². The lowest BCUT2D eigenvalue weighted by Crippen LogP contribution is -2.04. The lowest BCUT2D eigenvalue weighted by Gasteiger charge is -2.02. The third-order valence-electron chi connectivity index (χ3n) is 1.88. The van der Waals surface area contributed by atoms with E-state index in [0.29, 0.717) is 24.1 Å². The Morgan fingerprint density at radius 1 is 1.40 bits per heavy atom. The summed E-state index contributed by atoms with van der Waals surface area (Å²) in [6, 6.07) is 5.49. The van der Waals surface area contributed by atoms with Gasteiger partial charge in [-0.2, -0.15) is 0 Å². The molecule has 0 radical (unpaired) electrons. The van der Waals surface area contributed by atoms with Gasteiger partial charge in [0.15, 0.2) is 5.88 Å². The predicted molar refractivity (Wildman–Crippen MR) is 56.7 cm³/mol. The Bertz CT molecular complexity index is 452. The summed E-state index contributed by atoms with van der Waals surface area (Å²) in [6.45, 7) is 2.21. The number of hydrogen-bond acceptors (Lipinski definition) is 5. The molecule has 0 saturated heterocycles. The van der Waals surface area contributed by atoms with Crippen LogP contribution in [0.4, 0.5) is 11.7 Å². The van der Waals surface area contributed by atoms with E-state index in [-0.39, 0.29) is 0 Å². The van der Waals surface area contributed by atoms with Crippen molar-refractivity contribution in [1.29, 1.82) is 0 Å². The number of anilines is 2. The van der Waals surface area contributed by atoms with Crippen LogP contribution in [0.15, 0.2) is 28.8 Å². The summed E-state index contributed by atoms with van der Waals surface area (Å²) in [7, 11) is 0. The Morgan fingerprint density at radius 2 is 2.27 bits per heavy atom. The fourth-order valence-electron chi connectivity index (χ4n) is 1.19. The minimum atomic E-state index is 0.326. The molecule has 0 aliphatic rings. The van der Waals surface area contributed by atoms with Gasteiger partial charge in [-0.3, -0.25) is 0 Å². The number of hydrogen-bond donors (Lipinski definition) is 2. The highest BCUT2D eigenvalue weighted by atomic mass is 16.4. The number of furan rings is 1. The molecule has 15 heavy (non-hydrogen) atoms. The molecule has 2 aromatic heterocycles. The fourth-order valence-corrected chi connectivity index (χ4v) is 1.19. The largest absolute Gasteiger partial charge is 0.446 e. The summed E-state index contributed by atoms with van der Waals surface area (Å²) < 4.78 is 5.36. The molecule has 0 aliphatic heterocycles. The summed E-state index contributed by atoms with van der Waals surface area (Å²) in [6.07, 6.45) is 1.66. The van der Waals surface area contributed by atoms with Crippen molar-refractivity contribution in [2.75, 3.05) is 5.32 Å². The van der Waals surface area contributed by atoms with Crippen LogP contribution in [0.5, 0.6) is 0 Å². The van der Waals surface area contributed by atoms with Crippen molar-refractivity contribution in [3.05, 3.63) is 36.0 Å². The fraction of sp³-hybridized carbons (Fsp3) is 0.200. The standard InChI is InChI=1S/C10H12N4O/c1-7-2-3-10(15-7)14-8-4-5-12-9(6-11)13-8/h2-5H,6,11H2,1H3,(H,12,13,14). The molecular formula is C10H12N4O. The lowest BCUT2D eigenvalue weighted by atomic mass is 10.5. The third kappa shape index (κ3) is 2.32. The second-order valence-corrected chi connectivity index (χ2v) is 3.10. The van der Waals surface area contributed by atoms with Gasteiger partial charge in [0.1, 0.15) is 17.4 Å². The average Bonchev–Trinajstić information content (AvgIpc) is 2.64. The smallest absolute Gasteiger partial charge is 0.198 e. The van der Waals surface area contributed by atoms with E-state index in [9.17, 15) is 0 Å². The van der Waals surface area contributed by atoms with Gasteiger partial charge in [-0.1, -0.05) is 0 Å². The molecular weight excluding hydrogens is 192 g/mol. The minimum Gasteiger partial charge on any atom is -0.446 e. The molecule has 0 saturated carbocycles. The first-order chi connectivity index (χ1) is 7.28. The van der Waals surface area contributed by atoms with E-state index in [1.807, 2.05) is 19.1 Å². The van der Waals surface area contributed by atoms with E-state index in [0.717, 1.165) is 5.76 Å². The Hall–Kier alpha value is -1.88. The lowest BCUT2D eigenvalue weighted by molar-refractivity contribution is 0.551. The Balaban J connectivity index is 2.16. The maximum Gasteiger partial charge on any atom is 0.198 e. The first kappa shape index (κ1) is 9.67. The van der Waals surface area contributed by atoms with E-state index in [4.69, 9.17) is 10.2 Å². The zero-order valence-corrected chi connectivity index (χ0v) is 8.40. The molecule has 0 unspecified atom stereocenters. The van der Waals surface area contributed by atoms with Gasteiger partial charge in [0.05, 0.1) is 6.54 Å². The Morgan fingerprint density at radius 3 is 2.93 bits per heavy atom. The molecule has 0 aromatic carbocycles. The number of aromatic nitrogens is 2. The van der Waals surface area contributed by atoms with Crippen LogP contribution in [0, 0.1) is 6.92 Å². The van der Waals surface area contributed by atoms with E-state index >= 15 is 0 Å². The molecule has 2 aromatic rings. The van der Waals surface area contributed by atoms with Gasteiger partial charge in [0.2, 0.25) is 0 Å². The predicted octanol–water partition coefficient (Wildman–Crippen LogP) is 1.58. The molecule has 0 spiro atoms. The summed E-state index contributed by atoms with van der Waals surface area (Å²) in [5.74, 6) is 2.79. The van der Waals surface area contributed by atoms with Gasteiger partial charge < -0.3 is 15.5 Å². The van der Waals surface area contributed by atoms with Crippen molar-refractivity contribution >= 4 is 11.7 Å². The molecule has 3 N–H and O–H groups in total. The van der Waals surface area contributed by atoms with Crippen molar-refractivity contribution in [3.63, 3.8) is 0 Å². The molecule has 0 bridgehead atoms. The summed E-state index contributed by atoms with van der Waals surface area (Å²) in [5.41, 5.74) is 5.44. The molecule has 2 heterocycles. The average molecular weight is 204 g/mol. The zero-order chi connectivity index (χ0) is 10.7. The zero-order valence-electron chi connectivity index (χ0n) is 8.40. The van der Waals surface area contributed by atoms with Crippen molar-refractivity contribution in [2.24, 2.45) is 5.73 Å². The number of rotatable bonds is 3. The SMILES string of the molecule is Cc1ccc(Nc2ccnc(CN)n2)o1. The number of nitrogens with zero attached hydrogens (tertiary/aromatic N) is 2. The molecule has 2 rings (SSSR count). The Labute approximate surface area is 87.3 Å². The van der Waals surface area contributed by atoms with E-state index in [2.05, 4.69) is 15.3 Å². The maximum absolute atomic E-state index is 5.44. The number of nitrogens with two attached hydrogens (primary N) is 1. The van der Waals surface area contributed by atoms with Crippen molar-refractivity contribution in [3.8, 4) is 0 Å². The molecule has 0 fully saturated rings. The first-order valence-electron chi connectivity index (χ1n) is 4.63. The first-order valence-corrected chi connectivity index (χ1v) is 4.63. The highest BCUT2D eigenvalue weighted by Gasteiger charge is 2.01. The molecule has 5 heteroatoms. The van der Waals surface area contributed by atoms with Gasteiger partial charge in [0, 0.05) is 12.3 Å². The topological polar surface area (TPSA) is 77.0 Å². The van der Waals surface area contributed by atoms with E-state index in [1.54, 1.807) is 12.3 Å². The second-order valence-electron chi connectivity index (χ2n) is 3.10. The van der Waals surface area contributed by atoms with Crippen LogP contribution in [-0.2, 0) is 6.54 Å². The van der Waals surface area contributed by atoms with Gasteiger partial charge >= 0.3 is 0 Å². The van der Waals surface area contributed by atoms with Crippen molar-refractivity contribution in [2.45, 2.75) is 13.5 Å². The summed E-state index contributed by atoms with van der Waals surface area (Å²) in [4.78, 5) is 8.19. The minimum absolute atomic E-state index is 0.326. The van der Waals surface area contributed by atoms with E-state index in [1.165, 1.54) is 0 Å². The molecule has 0 atom stereocenters. The number of aryl methyl sites for hydroxylation is 1. The van der Waals surface area contributed by atoms with Crippen LogP contribution in [-0.4, -0.2) is 9.97 Å². The van der Waals surface area contributed by atoms with Crippen LogP contribution in [0.2, 0.25) is 0 Å². The highest BCUT2D eigenvalue weighted by Crippen LogP contribution is 2.16. The van der Waals surface area contributed by atoms with Gasteiger partial charge in [-0.15, -0.1) is 0 Å². The summed E-state index contributed by atoms with van der Waals surface area (Å²) in [5, 5.41) is 3.03. The monoisotopic (exact) mass is 204 g/mol. The van der Waals surface area contributed by atoms with Crippen LogP contribution in [0.25, 0.3) is 0 Å². The van der Waals surface area contributed by atoms with Crippen molar-refractivity contribution in [1.82, 2.24) is 9.97 Å². The van der Waals surface area contributed by atoms with Gasteiger partial charge in [-0.25, -0.2) is 9.97 Å². The quantitative estimate of drug-likeness (QED) is 0.793. The molecule has 78 valence electrons. The van der Waals surface area contributed by atoms with Gasteiger partial charge in [-0.05, 0) is 19.1 Å². The molecule has 0 aliphatic carbocycles. The third-order valence-corrected chi connectivity index (χ3v) is 1.88. The van der Waals surface area contributed by atoms with Crippen LogP contribution in [0.1, 0.15) is 11.6 Å². The molecule has 5 nitrogen and oxygen atoms in total. The van der Waals surface area contributed by atoms with Crippen LogP contribution < -0.4 is 11.1 Å². The van der Waals surface area contributed by atoms with Gasteiger partial charge in [0.25, 0.3) is 0 Å². The van der Waals surface area contributed by atoms with Crippen LogP contribution in [0.3, 0.4) is 0 Å². The highest BCUT2D eigenvalue weighted by molar-refractivity contribution is 5.49. The normalized spacial score (nSPS) is 10.3. The Kier molecular flexibility index (Phi) is 2.64.